The molecule has 69 valence electrons. The molecule has 0 aliphatic heterocycles. The van der Waals surface area contributed by atoms with Crippen molar-refractivity contribution >= 4 is 6.29 Å². The van der Waals surface area contributed by atoms with Crippen LogP contribution in [0, 0.1) is 17.8 Å². The van der Waals surface area contributed by atoms with E-state index in [1.54, 1.807) is 0 Å². The first kappa shape index (κ1) is 9.68. The number of aliphatic hydroxyl groups is 1. The highest BCUT2D eigenvalue weighted by Crippen LogP contribution is 2.31. The van der Waals surface area contributed by atoms with Gasteiger partial charge in [0.1, 0.15) is 0 Å². The van der Waals surface area contributed by atoms with Crippen LogP contribution in [0.15, 0.2) is 0 Å². The minimum absolute atomic E-state index is 0.0324. The predicted octanol–water partition coefficient (Wildman–Crippen LogP) is 0.0796. The van der Waals surface area contributed by atoms with Crippen molar-refractivity contribution in [2.75, 3.05) is 13.2 Å². The van der Waals surface area contributed by atoms with Gasteiger partial charge in [0.25, 0.3) is 0 Å². The van der Waals surface area contributed by atoms with Crippen molar-refractivity contribution in [1.29, 1.82) is 0 Å². The third-order valence-electron chi connectivity index (χ3n) is 2.84. The maximum atomic E-state index is 10.4. The molecule has 1 aliphatic carbocycles. The monoisotopic (exact) mass is 170 g/mol. The Labute approximate surface area is 72.9 Å². The van der Waals surface area contributed by atoms with Gasteiger partial charge in [-0.15, -0.1) is 0 Å². The molecule has 0 heterocycles. The number of rotatable bonds is 3. The van der Waals surface area contributed by atoms with Gasteiger partial charge < -0.3 is 10.8 Å². The molecule has 3 N–H and O–H groups in total. The van der Waals surface area contributed by atoms with Crippen LogP contribution in [0.25, 0.3) is 0 Å². The van der Waals surface area contributed by atoms with E-state index in [9.17, 15) is 4.79 Å². The zero-order valence-corrected chi connectivity index (χ0v) is 7.20. The average Bonchev–Trinajstić information content (AvgIpc) is 2.16. The van der Waals surface area contributed by atoms with Crippen LogP contribution in [0.5, 0.6) is 0 Å². The van der Waals surface area contributed by atoms with E-state index < -0.39 is 0 Å². The molecule has 0 aromatic rings. The van der Waals surface area contributed by atoms with E-state index in [1.807, 2.05) is 6.29 Å². The van der Waals surface area contributed by atoms with E-state index in [0.717, 1.165) is 19.3 Å². The van der Waals surface area contributed by atoms with E-state index >= 15 is 0 Å². The van der Waals surface area contributed by atoms with Crippen LogP contribution < -0.4 is 5.73 Å². The first-order chi connectivity index (χ1) is 5.81. The quantitative estimate of drug-likeness (QED) is 0.630. The Morgan fingerprint density at radius 3 is 2.67 bits per heavy atom. The van der Waals surface area contributed by atoms with Crippen molar-refractivity contribution in [1.82, 2.24) is 0 Å². The summed E-state index contributed by atoms with van der Waals surface area (Å²) in [7, 11) is 0. The van der Waals surface area contributed by atoms with E-state index in [1.165, 1.54) is 0 Å². The third-order valence-corrected chi connectivity index (χ3v) is 2.84. The Balaban J connectivity index is 2.46. The molecule has 3 heteroatoms. The topological polar surface area (TPSA) is 63.3 Å². The fraction of sp³-hybridized carbons (Fsp3) is 0.889. The molecule has 1 fully saturated rings. The molecule has 1 aliphatic rings. The fourth-order valence-electron chi connectivity index (χ4n) is 1.97. The standard InChI is InChI=1S/C9H16NO2/c10-4-8-2-1-7(5-11)3-9(8)6-12/h7-9,12H,1-4,6,10H2/t7-,8?,9-/m1/s1. The molecule has 0 amide bonds. The molecular weight excluding hydrogens is 154 g/mol. The largest absolute Gasteiger partial charge is 0.396 e. The van der Waals surface area contributed by atoms with Crippen molar-refractivity contribution in [2.45, 2.75) is 19.3 Å². The fourth-order valence-corrected chi connectivity index (χ4v) is 1.97. The van der Waals surface area contributed by atoms with Crippen LogP contribution in [-0.4, -0.2) is 24.5 Å². The number of aliphatic hydroxyl groups excluding tert-OH is 1. The smallest absolute Gasteiger partial charge is 0.201 e. The molecule has 0 saturated heterocycles. The van der Waals surface area contributed by atoms with Gasteiger partial charge in [0, 0.05) is 12.5 Å². The molecular formula is C9H16NO2. The van der Waals surface area contributed by atoms with Crippen molar-refractivity contribution in [3.63, 3.8) is 0 Å². The van der Waals surface area contributed by atoms with Crippen LogP contribution >= 0.6 is 0 Å². The summed E-state index contributed by atoms with van der Waals surface area (Å²) in [6.07, 6.45) is 4.63. The summed E-state index contributed by atoms with van der Waals surface area (Å²) in [5.41, 5.74) is 5.55. The van der Waals surface area contributed by atoms with Crippen molar-refractivity contribution < 1.29 is 9.90 Å². The van der Waals surface area contributed by atoms with Gasteiger partial charge in [-0.3, -0.25) is 4.79 Å². The highest BCUT2D eigenvalue weighted by atomic mass is 16.3. The second kappa shape index (κ2) is 4.58. The summed E-state index contributed by atoms with van der Waals surface area (Å²) < 4.78 is 0. The minimum Gasteiger partial charge on any atom is -0.396 e. The normalized spacial score (nSPS) is 36.3. The second-order valence-electron chi connectivity index (χ2n) is 3.57. The number of nitrogens with two attached hydrogens (primary N) is 1. The van der Waals surface area contributed by atoms with Gasteiger partial charge >= 0.3 is 0 Å². The molecule has 1 unspecified atom stereocenters. The van der Waals surface area contributed by atoms with Crippen molar-refractivity contribution in [2.24, 2.45) is 23.5 Å². The lowest BCUT2D eigenvalue weighted by molar-refractivity contribution is 0.125. The van der Waals surface area contributed by atoms with Crippen molar-refractivity contribution in [3.05, 3.63) is 0 Å². The first-order valence-corrected chi connectivity index (χ1v) is 4.50. The van der Waals surface area contributed by atoms with Gasteiger partial charge in [-0.2, -0.15) is 0 Å². The van der Waals surface area contributed by atoms with E-state index in [0.29, 0.717) is 12.5 Å². The molecule has 0 spiro atoms. The summed E-state index contributed by atoms with van der Waals surface area (Å²) in [6.45, 7) is 0.775. The van der Waals surface area contributed by atoms with Gasteiger partial charge in [0.05, 0.1) is 0 Å². The summed E-state index contributed by atoms with van der Waals surface area (Å²) in [5, 5.41) is 9.02. The van der Waals surface area contributed by atoms with Gasteiger partial charge in [-0.25, -0.2) is 0 Å². The van der Waals surface area contributed by atoms with Crippen LogP contribution in [0.3, 0.4) is 0 Å². The van der Waals surface area contributed by atoms with Gasteiger partial charge in [0.15, 0.2) is 0 Å². The number of hydrogen-bond donors (Lipinski definition) is 2. The molecule has 1 rings (SSSR count). The SMILES string of the molecule is NCC1CC[C@@H]([C]=O)C[C@@H]1CO. The lowest BCUT2D eigenvalue weighted by Crippen LogP contribution is -2.32. The number of carbonyl (C=O) groups excluding carboxylic acids is 1. The Kier molecular flexibility index (Phi) is 3.69. The first-order valence-electron chi connectivity index (χ1n) is 4.50. The zero-order chi connectivity index (χ0) is 8.97. The molecule has 3 atom stereocenters. The maximum Gasteiger partial charge on any atom is 0.201 e. The maximum absolute atomic E-state index is 10.4. The molecule has 0 aromatic heterocycles. The summed E-state index contributed by atoms with van der Waals surface area (Å²) in [4.78, 5) is 10.4. The van der Waals surface area contributed by atoms with E-state index in [4.69, 9.17) is 10.8 Å². The highest BCUT2D eigenvalue weighted by molar-refractivity contribution is 5.54. The van der Waals surface area contributed by atoms with Crippen molar-refractivity contribution in [3.8, 4) is 0 Å². The lowest BCUT2D eigenvalue weighted by atomic mass is 9.75. The van der Waals surface area contributed by atoms with Gasteiger partial charge in [-0.1, -0.05) is 0 Å². The molecule has 12 heavy (non-hydrogen) atoms. The van der Waals surface area contributed by atoms with Gasteiger partial charge in [0.2, 0.25) is 6.29 Å². The summed E-state index contributed by atoms with van der Waals surface area (Å²) in [5.74, 6) is 0.653. The van der Waals surface area contributed by atoms with Crippen LogP contribution in [0.2, 0.25) is 0 Å². The second-order valence-corrected chi connectivity index (χ2v) is 3.57. The van der Waals surface area contributed by atoms with Crippen LogP contribution in [0.1, 0.15) is 19.3 Å². The average molecular weight is 170 g/mol. The molecule has 0 bridgehead atoms. The van der Waals surface area contributed by atoms with Crippen LogP contribution in [0.4, 0.5) is 0 Å². The third kappa shape index (κ3) is 2.05. The minimum atomic E-state index is 0.0324. The summed E-state index contributed by atoms with van der Waals surface area (Å²) in [6, 6.07) is 0. The van der Waals surface area contributed by atoms with Crippen LogP contribution in [-0.2, 0) is 4.79 Å². The molecule has 0 aromatic carbocycles. The van der Waals surface area contributed by atoms with E-state index in [2.05, 4.69) is 0 Å². The Bertz CT molecular complexity index is 149. The zero-order valence-electron chi connectivity index (χ0n) is 7.20. The summed E-state index contributed by atoms with van der Waals surface area (Å²) >= 11 is 0. The van der Waals surface area contributed by atoms with E-state index in [-0.39, 0.29) is 18.4 Å². The molecule has 1 radical (unpaired) electrons. The molecule has 1 saturated carbocycles. The predicted molar refractivity (Wildman–Crippen MR) is 46.2 cm³/mol. The Morgan fingerprint density at radius 2 is 2.17 bits per heavy atom. The highest BCUT2D eigenvalue weighted by Gasteiger charge is 2.29. The molecule has 3 nitrogen and oxygen atoms in total. The number of hydrogen-bond acceptors (Lipinski definition) is 3. The van der Waals surface area contributed by atoms with Gasteiger partial charge in [-0.05, 0) is 37.6 Å². The Hall–Kier alpha value is -0.410. The Morgan fingerprint density at radius 1 is 1.42 bits per heavy atom. The lowest BCUT2D eigenvalue weighted by Gasteiger charge is -2.31.